The number of carbonyl (C=O) groups excluding carboxylic acids is 1. The first-order valence-electron chi connectivity index (χ1n) is 9.83. The summed E-state index contributed by atoms with van der Waals surface area (Å²) in [4.78, 5) is 12.4. The molecule has 0 spiro atoms. The number of hydrogen-bond donors (Lipinski definition) is 1. The molecular weight excluding hydrogens is 439 g/mol. The fourth-order valence-corrected chi connectivity index (χ4v) is 4.11. The Kier molecular flexibility index (Phi) is 7.56. The number of anilines is 1. The molecule has 9 heteroatoms. The predicted octanol–water partition coefficient (Wildman–Crippen LogP) is 5.58. The number of halogens is 2. The van der Waals surface area contributed by atoms with Gasteiger partial charge in [0.25, 0.3) is 0 Å². The van der Waals surface area contributed by atoms with Gasteiger partial charge in [-0.3, -0.25) is 4.79 Å². The van der Waals surface area contributed by atoms with Crippen LogP contribution >= 0.6 is 23.4 Å². The number of ether oxygens (including phenoxy) is 1. The van der Waals surface area contributed by atoms with Crippen molar-refractivity contribution in [3.8, 4) is 5.75 Å². The molecule has 3 aromatic rings. The van der Waals surface area contributed by atoms with Crippen molar-refractivity contribution in [2.75, 3.05) is 11.1 Å². The number of rotatable bonds is 8. The zero-order valence-electron chi connectivity index (χ0n) is 17.8. The normalized spacial score (nSPS) is 11.9. The molecule has 1 heterocycles. The van der Waals surface area contributed by atoms with Crippen LogP contribution in [-0.2, 0) is 11.3 Å². The van der Waals surface area contributed by atoms with Gasteiger partial charge in [0, 0.05) is 12.2 Å². The Morgan fingerprint density at radius 3 is 2.71 bits per heavy atom. The van der Waals surface area contributed by atoms with Crippen LogP contribution in [-0.4, -0.2) is 26.4 Å². The van der Waals surface area contributed by atoms with Crippen molar-refractivity contribution in [3.05, 3.63) is 64.2 Å². The van der Waals surface area contributed by atoms with Gasteiger partial charge in [0.2, 0.25) is 5.91 Å². The summed E-state index contributed by atoms with van der Waals surface area (Å²) in [6, 6.07) is 9.85. The topological polar surface area (TPSA) is 69.0 Å². The number of benzene rings is 2. The molecule has 1 unspecified atom stereocenters. The molecule has 0 aliphatic carbocycles. The predicted molar refractivity (Wildman–Crippen MR) is 121 cm³/mol. The lowest BCUT2D eigenvalue weighted by atomic mass is 10.1. The van der Waals surface area contributed by atoms with Gasteiger partial charge in [-0.05, 0) is 57.5 Å². The Bertz CT molecular complexity index is 1090. The summed E-state index contributed by atoms with van der Waals surface area (Å²) in [5.74, 6) is 0.610. The standard InChI is InChI=1S/C22H24ClFN4O2S/c1-5-28-21(15(4)30-19-9-7-16(24)11-17(19)23)26-27-22(28)31-12-20(29)25-18-8-6-13(2)10-14(18)3/h6-11,15H,5,12H2,1-4H3,(H,25,29). The van der Waals surface area contributed by atoms with Gasteiger partial charge in [-0.2, -0.15) is 0 Å². The third kappa shape index (κ3) is 5.77. The second-order valence-corrected chi connectivity index (χ2v) is 8.42. The summed E-state index contributed by atoms with van der Waals surface area (Å²) in [5, 5.41) is 12.2. The van der Waals surface area contributed by atoms with Crippen LogP contribution in [0.4, 0.5) is 10.1 Å². The highest BCUT2D eigenvalue weighted by molar-refractivity contribution is 7.99. The van der Waals surface area contributed by atoms with Crippen LogP contribution in [0.1, 0.15) is 36.9 Å². The maximum Gasteiger partial charge on any atom is 0.234 e. The molecule has 1 aromatic heterocycles. The van der Waals surface area contributed by atoms with Crippen molar-refractivity contribution in [3.63, 3.8) is 0 Å². The maximum atomic E-state index is 13.3. The smallest absolute Gasteiger partial charge is 0.234 e. The van der Waals surface area contributed by atoms with Crippen molar-refractivity contribution < 1.29 is 13.9 Å². The van der Waals surface area contributed by atoms with E-state index < -0.39 is 11.9 Å². The summed E-state index contributed by atoms with van der Waals surface area (Å²) in [6.45, 7) is 8.36. The lowest BCUT2D eigenvalue weighted by molar-refractivity contribution is -0.113. The van der Waals surface area contributed by atoms with Crippen molar-refractivity contribution in [1.82, 2.24) is 14.8 Å². The molecule has 1 amide bonds. The molecule has 0 saturated carbocycles. The van der Waals surface area contributed by atoms with Gasteiger partial charge in [0.15, 0.2) is 17.1 Å². The Hall–Kier alpha value is -2.58. The van der Waals surface area contributed by atoms with Crippen LogP contribution in [0.2, 0.25) is 5.02 Å². The molecule has 1 N–H and O–H groups in total. The first-order valence-corrected chi connectivity index (χ1v) is 11.2. The van der Waals surface area contributed by atoms with Crippen molar-refractivity contribution in [2.45, 2.75) is 45.5 Å². The van der Waals surface area contributed by atoms with Crippen molar-refractivity contribution >= 4 is 35.0 Å². The largest absolute Gasteiger partial charge is 0.481 e. The minimum Gasteiger partial charge on any atom is -0.481 e. The highest BCUT2D eigenvalue weighted by Crippen LogP contribution is 2.30. The van der Waals surface area contributed by atoms with E-state index in [4.69, 9.17) is 16.3 Å². The second-order valence-electron chi connectivity index (χ2n) is 7.08. The molecule has 0 aliphatic heterocycles. The maximum absolute atomic E-state index is 13.3. The van der Waals surface area contributed by atoms with E-state index in [9.17, 15) is 9.18 Å². The average molecular weight is 463 g/mol. The Balaban J connectivity index is 1.65. The first kappa shape index (κ1) is 23.1. The summed E-state index contributed by atoms with van der Waals surface area (Å²) >= 11 is 7.36. The van der Waals surface area contributed by atoms with Gasteiger partial charge in [0.05, 0.1) is 10.8 Å². The number of thioether (sulfide) groups is 1. The fraction of sp³-hybridized carbons (Fsp3) is 0.318. The van der Waals surface area contributed by atoms with Crippen LogP contribution in [0, 0.1) is 19.7 Å². The molecule has 0 saturated heterocycles. The average Bonchev–Trinajstić information content (AvgIpc) is 3.13. The van der Waals surface area contributed by atoms with E-state index in [2.05, 4.69) is 15.5 Å². The van der Waals surface area contributed by atoms with Gasteiger partial charge in [-0.15, -0.1) is 10.2 Å². The Morgan fingerprint density at radius 1 is 1.26 bits per heavy atom. The number of hydrogen-bond acceptors (Lipinski definition) is 5. The van der Waals surface area contributed by atoms with Crippen LogP contribution in [0.3, 0.4) is 0 Å². The molecule has 0 radical (unpaired) electrons. The monoisotopic (exact) mass is 462 g/mol. The molecule has 1 atom stereocenters. The molecule has 6 nitrogen and oxygen atoms in total. The quantitative estimate of drug-likeness (QED) is 0.442. The highest BCUT2D eigenvalue weighted by atomic mass is 35.5. The number of aromatic nitrogens is 3. The van der Waals surface area contributed by atoms with Crippen molar-refractivity contribution in [2.24, 2.45) is 0 Å². The zero-order valence-corrected chi connectivity index (χ0v) is 19.4. The summed E-state index contributed by atoms with van der Waals surface area (Å²) in [7, 11) is 0. The summed E-state index contributed by atoms with van der Waals surface area (Å²) in [5.41, 5.74) is 2.96. The minimum absolute atomic E-state index is 0.119. The van der Waals surface area contributed by atoms with E-state index in [1.165, 1.54) is 30.0 Å². The van der Waals surface area contributed by atoms with Gasteiger partial charge >= 0.3 is 0 Å². The zero-order chi connectivity index (χ0) is 22.5. The molecule has 2 aromatic carbocycles. The van der Waals surface area contributed by atoms with Crippen LogP contribution in [0.25, 0.3) is 0 Å². The molecular formula is C22H24ClFN4O2S. The first-order chi connectivity index (χ1) is 14.8. The number of aryl methyl sites for hydroxylation is 2. The third-order valence-electron chi connectivity index (χ3n) is 4.61. The van der Waals surface area contributed by atoms with E-state index in [1.54, 1.807) is 0 Å². The number of nitrogens with one attached hydrogen (secondary N) is 1. The Morgan fingerprint density at radius 2 is 2.03 bits per heavy atom. The van der Waals surface area contributed by atoms with Crippen LogP contribution < -0.4 is 10.1 Å². The molecule has 164 valence electrons. The third-order valence-corrected chi connectivity index (χ3v) is 5.87. The van der Waals surface area contributed by atoms with E-state index in [0.29, 0.717) is 23.3 Å². The van der Waals surface area contributed by atoms with E-state index in [0.717, 1.165) is 16.8 Å². The molecule has 31 heavy (non-hydrogen) atoms. The van der Waals surface area contributed by atoms with E-state index >= 15 is 0 Å². The second kappa shape index (κ2) is 10.2. The highest BCUT2D eigenvalue weighted by Gasteiger charge is 2.20. The fourth-order valence-electron chi connectivity index (χ4n) is 3.09. The summed E-state index contributed by atoms with van der Waals surface area (Å²) in [6.07, 6.45) is -0.464. The lowest BCUT2D eigenvalue weighted by Gasteiger charge is -2.16. The summed E-state index contributed by atoms with van der Waals surface area (Å²) < 4.78 is 21.0. The molecule has 0 bridgehead atoms. The molecule has 0 aliphatic rings. The molecule has 3 rings (SSSR count). The SMILES string of the molecule is CCn1c(SCC(=O)Nc2ccc(C)cc2C)nnc1C(C)Oc1ccc(F)cc1Cl. The number of nitrogens with zero attached hydrogens (tertiary/aromatic N) is 3. The van der Waals surface area contributed by atoms with Crippen LogP contribution in [0.15, 0.2) is 41.6 Å². The Labute approximate surface area is 190 Å². The van der Waals surface area contributed by atoms with Crippen LogP contribution in [0.5, 0.6) is 5.75 Å². The van der Waals surface area contributed by atoms with Gasteiger partial charge in [-0.25, -0.2) is 4.39 Å². The number of amides is 1. The van der Waals surface area contributed by atoms with Gasteiger partial charge in [0.1, 0.15) is 11.6 Å². The lowest BCUT2D eigenvalue weighted by Crippen LogP contribution is -2.16. The van der Waals surface area contributed by atoms with Crippen molar-refractivity contribution in [1.29, 1.82) is 0 Å². The van der Waals surface area contributed by atoms with Gasteiger partial charge < -0.3 is 14.6 Å². The van der Waals surface area contributed by atoms with E-state index in [1.807, 2.05) is 50.5 Å². The molecule has 0 fully saturated rings. The van der Waals surface area contributed by atoms with Gasteiger partial charge in [-0.1, -0.05) is 41.1 Å². The van der Waals surface area contributed by atoms with E-state index in [-0.39, 0.29) is 16.7 Å². The number of carbonyl (C=O) groups is 1. The minimum atomic E-state index is -0.464.